The Balaban J connectivity index is 1.77. The molecule has 1 aliphatic carbocycles. The predicted octanol–water partition coefficient (Wildman–Crippen LogP) is 3.94. The maximum atomic E-state index is 6.15. The van der Waals surface area contributed by atoms with E-state index in [0.29, 0.717) is 17.5 Å². The third kappa shape index (κ3) is 3.44. The van der Waals surface area contributed by atoms with Crippen LogP contribution in [0.15, 0.2) is 24.3 Å². The highest BCUT2D eigenvalue weighted by Crippen LogP contribution is 2.42. The van der Waals surface area contributed by atoms with Crippen LogP contribution < -0.4 is 5.32 Å². The molecule has 0 amide bonds. The van der Waals surface area contributed by atoms with Crippen LogP contribution in [-0.2, 0) is 6.54 Å². The summed E-state index contributed by atoms with van der Waals surface area (Å²) in [6, 6.07) is 8.92. The summed E-state index contributed by atoms with van der Waals surface area (Å²) in [6.07, 6.45) is 2.78. The van der Waals surface area contributed by atoms with Crippen molar-refractivity contribution in [1.82, 2.24) is 10.2 Å². The standard InChI is InChI=1S/C18H27ClN2/c1-13(2)17-10-20-18(3,15-7-8-15)12-21(17)11-14-5-4-6-16(19)9-14/h4-6,9,13,15,17,20H,7-8,10-12H2,1-3H3. The van der Waals surface area contributed by atoms with Gasteiger partial charge in [0, 0.05) is 36.2 Å². The van der Waals surface area contributed by atoms with E-state index in [1.807, 2.05) is 6.07 Å². The van der Waals surface area contributed by atoms with E-state index in [2.05, 4.69) is 49.2 Å². The lowest BCUT2D eigenvalue weighted by atomic mass is 9.88. The molecule has 2 fully saturated rings. The monoisotopic (exact) mass is 306 g/mol. The SMILES string of the molecule is CC(C)C1CNC(C)(C2CC2)CN1Cc1cccc(Cl)c1. The van der Waals surface area contributed by atoms with E-state index in [-0.39, 0.29) is 0 Å². The van der Waals surface area contributed by atoms with Gasteiger partial charge in [-0.15, -0.1) is 0 Å². The number of hydrogen-bond donors (Lipinski definition) is 1. The van der Waals surface area contributed by atoms with E-state index in [9.17, 15) is 0 Å². The molecule has 0 radical (unpaired) electrons. The summed E-state index contributed by atoms with van der Waals surface area (Å²) < 4.78 is 0. The summed E-state index contributed by atoms with van der Waals surface area (Å²) in [7, 11) is 0. The molecule has 0 aromatic heterocycles. The third-order valence-electron chi connectivity index (χ3n) is 5.24. The van der Waals surface area contributed by atoms with Crippen molar-refractivity contribution in [3.05, 3.63) is 34.9 Å². The molecule has 1 N–H and O–H groups in total. The summed E-state index contributed by atoms with van der Waals surface area (Å²) >= 11 is 6.15. The summed E-state index contributed by atoms with van der Waals surface area (Å²) in [5.74, 6) is 1.54. The Kier molecular flexibility index (Phi) is 4.31. The van der Waals surface area contributed by atoms with Crippen LogP contribution in [0, 0.1) is 11.8 Å². The van der Waals surface area contributed by atoms with Crippen molar-refractivity contribution in [3.8, 4) is 0 Å². The van der Waals surface area contributed by atoms with E-state index in [1.165, 1.54) is 18.4 Å². The lowest BCUT2D eigenvalue weighted by Gasteiger charge is -2.48. The molecule has 2 aliphatic rings. The van der Waals surface area contributed by atoms with Gasteiger partial charge in [-0.05, 0) is 49.3 Å². The van der Waals surface area contributed by atoms with Gasteiger partial charge in [0.05, 0.1) is 0 Å². The normalized spacial score (nSPS) is 30.8. The van der Waals surface area contributed by atoms with Gasteiger partial charge in [-0.2, -0.15) is 0 Å². The second-order valence-electron chi connectivity index (χ2n) is 7.42. The van der Waals surface area contributed by atoms with Crippen LogP contribution in [-0.4, -0.2) is 29.6 Å². The fourth-order valence-corrected chi connectivity index (χ4v) is 3.97. The number of rotatable bonds is 4. The smallest absolute Gasteiger partial charge is 0.0409 e. The van der Waals surface area contributed by atoms with Gasteiger partial charge in [-0.25, -0.2) is 0 Å². The van der Waals surface area contributed by atoms with Crippen LogP contribution in [0.5, 0.6) is 0 Å². The first-order chi connectivity index (χ1) is 9.98. The zero-order valence-electron chi connectivity index (χ0n) is 13.4. The molecule has 3 heteroatoms. The second-order valence-corrected chi connectivity index (χ2v) is 7.86. The fraction of sp³-hybridized carbons (Fsp3) is 0.667. The van der Waals surface area contributed by atoms with Crippen LogP contribution in [0.1, 0.15) is 39.2 Å². The molecule has 2 atom stereocenters. The lowest BCUT2D eigenvalue weighted by Crippen LogP contribution is -2.64. The topological polar surface area (TPSA) is 15.3 Å². The average molecular weight is 307 g/mol. The Morgan fingerprint density at radius 1 is 1.38 bits per heavy atom. The van der Waals surface area contributed by atoms with Crippen molar-refractivity contribution >= 4 is 11.6 Å². The minimum Gasteiger partial charge on any atom is -0.308 e. The Morgan fingerprint density at radius 2 is 2.14 bits per heavy atom. The van der Waals surface area contributed by atoms with E-state index in [0.717, 1.165) is 30.6 Å². The Bertz CT molecular complexity index is 498. The van der Waals surface area contributed by atoms with E-state index in [4.69, 9.17) is 11.6 Å². The van der Waals surface area contributed by atoms with E-state index in [1.54, 1.807) is 0 Å². The van der Waals surface area contributed by atoms with Crippen molar-refractivity contribution in [3.63, 3.8) is 0 Å². The largest absolute Gasteiger partial charge is 0.308 e. The van der Waals surface area contributed by atoms with Crippen molar-refractivity contribution in [2.75, 3.05) is 13.1 Å². The maximum Gasteiger partial charge on any atom is 0.0409 e. The molecule has 1 aromatic rings. The van der Waals surface area contributed by atoms with Crippen molar-refractivity contribution < 1.29 is 0 Å². The van der Waals surface area contributed by atoms with Gasteiger partial charge in [-0.1, -0.05) is 37.6 Å². The summed E-state index contributed by atoms with van der Waals surface area (Å²) in [5.41, 5.74) is 1.62. The molecule has 1 aromatic carbocycles. The highest BCUT2D eigenvalue weighted by Gasteiger charge is 2.46. The average Bonchev–Trinajstić information content (AvgIpc) is 3.23. The number of nitrogens with zero attached hydrogens (tertiary/aromatic N) is 1. The highest BCUT2D eigenvalue weighted by molar-refractivity contribution is 6.30. The Morgan fingerprint density at radius 3 is 2.76 bits per heavy atom. The minimum atomic E-state index is 0.296. The summed E-state index contributed by atoms with van der Waals surface area (Å²) in [4.78, 5) is 2.67. The number of benzene rings is 1. The number of halogens is 1. The van der Waals surface area contributed by atoms with Crippen LogP contribution in [0.25, 0.3) is 0 Å². The van der Waals surface area contributed by atoms with Crippen LogP contribution in [0.3, 0.4) is 0 Å². The molecule has 0 spiro atoms. The van der Waals surface area contributed by atoms with Crippen LogP contribution in [0.4, 0.5) is 0 Å². The van der Waals surface area contributed by atoms with Crippen molar-refractivity contribution in [2.45, 2.75) is 51.7 Å². The van der Waals surface area contributed by atoms with Gasteiger partial charge in [0.25, 0.3) is 0 Å². The second kappa shape index (κ2) is 5.91. The number of nitrogens with one attached hydrogen (secondary N) is 1. The van der Waals surface area contributed by atoms with E-state index < -0.39 is 0 Å². The molecule has 0 bridgehead atoms. The molecule has 116 valence electrons. The van der Waals surface area contributed by atoms with Crippen LogP contribution in [0.2, 0.25) is 5.02 Å². The molecular weight excluding hydrogens is 280 g/mol. The maximum absolute atomic E-state index is 6.15. The predicted molar refractivity (Wildman–Crippen MR) is 89.6 cm³/mol. The quantitative estimate of drug-likeness (QED) is 0.906. The summed E-state index contributed by atoms with van der Waals surface area (Å²) in [5, 5.41) is 4.69. The number of piperazine rings is 1. The zero-order valence-corrected chi connectivity index (χ0v) is 14.2. The minimum absolute atomic E-state index is 0.296. The van der Waals surface area contributed by atoms with Crippen molar-refractivity contribution in [2.24, 2.45) is 11.8 Å². The van der Waals surface area contributed by atoms with E-state index >= 15 is 0 Å². The molecular formula is C18H27ClN2. The van der Waals surface area contributed by atoms with Crippen LogP contribution >= 0.6 is 11.6 Å². The first-order valence-corrected chi connectivity index (χ1v) is 8.59. The fourth-order valence-electron chi connectivity index (χ4n) is 3.76. The third-order valence-corrected chi connectivity index (χ3v) is 5.47. The zero-order chi connectivity index (χ0) is 15.0. The summed E-state index contributed by atoms with van der Waals surface area (Å²) in [6.45, 7) is 10.3. The molecule has 21 heavy (non-hydrogen) atoms. The van der Waals surface area contributed by atoms with Gasteiger partial charge in [-0.3, -0.25) is 4.90 Å². The number of hydrogen-bond acceptors (Lipinski definition) is 2. The Labute approximate surface area is 133 Å². The van der Waals surface area contributed by atoms with Gasteiger partial charge in [0.1, 0.15) is 0 Å². The first kappa shape index (κ1) is 15.3. The van der Waals surface area contributed by atoms with Crippen molar-refractivity contribution in [1.29, 1.82) is 0 Å². The van der Waals surface area contributed by atoms with Gasteiger partial charge >= 0.3 is 0 Å². The lowest BCUT2D eigenvalue weighted by molar-refractivity contribution is 0.0462. The van der Waals surface area contributed by atoms with Gasteiger partial charge < -0.3 is 5.32 Å². The molecule has 1 saturated carbocycles. The van der Waals surface area contributed by atoms with Gasteiger partial charge in [0.15, 0.2) is 0 Å². The highest BCUT2D eigenvalue weighted by atomic mass is 35.5. The molecule has 1 aliphatic heterocycles. The van der Waals surface area contributed by atoms with Gasteiger partial charge in [0.2, 0.25) is 0 Å². The molecule has 1 saturated heterocycles. The Hall–Kier alpha value is -0.570. The molecule has 2 unspecified atom stereocenters. The molecule has 3 rings (SSSR count). The first-order valence-electron chi connectivity index (χ1n) is 8.21. The molecule has 2 nitrogen and oxygen atoms in total. The molecule has 1 heterocycles.